The van der Waals surface area contributed by atoms with Gasteiger partial charge in [0.2, 0.25) is 11.8 Å². The number of benzene rings is 3. The third-order valence-electron chi connectivity index (χ3n) is 6.53. The predicted octanol–water partition coefficient (Wildman–Crippen LogP) is 4.37. The van der Waals surface area contributed by atoms with Crippen LogP contribution in [-0.4, -0.2) is 51.4 Å². The van der Waals surface area contributed by atoms with Crippen LogP contribution >= 0.6 is 0 Å². The first-order valence-corrected chi connectivity index (χ1v) is 14.3. The van der Waals surface area contributed by atoms with Gasteiger partial charge in [-0.2, -0.15) is 0 Å². The maximum absolute atomic E-state index is 14.0. The quantitative estimate of drug-likeness (QED) is 0.382. The lowest BCUT2D eigenvalue weighted by atomic mass is 10.1. The lowest BCUT2D eigenvalue weighted by Gasteiger charge is -2.32. The minimum absolute atomic E-state index is 0.0814. The van der Waals surface area contributed by atoms with E-state index in [9.17, 15) is 18.0 Å². The van der Waals surface area contributed by atoms with Crippen molar-refractivity contribution in [2.24, 2.45) is 0 Å². The Balaban J connectivity index is 2.08. The van der Waals surface area contributed by atoms with E-state index in [4.69, 9.17) is 4.74 Å². The van der Waals surface area contributed by atoms with Gasteiger partial charge < -0.3 is 15.0 Å². The van der Waals surface area contributed by atoms with Crippen LogP contribution in [0.4, 0.5) is 5.69 Å². The normalized spacial score (nSPS) is 11.9. The first-order chi connectivity index (χ1) is 18.5. The Morgan fingerprint density at radius 3 is 2.26 bits per heavy atom. The second-order valence-corrected chi connectivity index (χ2v) is 11.4. The molecule has 1 atom stereocenters. The van der Waals surface area contributed by atoms with E-state index in [0.717, 1.165) is 21.0 Å². The highest BCUT2D eigenvalue weighted by Crippen LogP contribution is 2.29. The SMILES string of the molecule is CCNC(=O)[C@@H](C)N(Cc1cccc(OC)c1)C(=O)CN(c1cc(C)ccc1C)S(=O)(=O)c1ccc(C)cc1. The molecule has 0 aliphatic carbocycles. The van der Waals surface area contributed by atoms with Crippen molar-refractivity contribution < 1.29 is 22.7 Å². The van der Waals surface area contributed by atoms with Gasteiger partial charge in [0.05, 0.1) is 17.7 Å². The van der Waals surface area contributed by atoms with Crippen LogP contribution < -0.4 is 14.4 Å². The van der Waals surface area contributed by atoms with Gasteiger partial charge in [0.25, 0.3) is 10.0 Å². The van der Waals surface area contributed by atoms with Crippen LogP contribution in [-0.2, 0) is 26.2 Å². The molecule has 0 heterocycles. The first kappa shape index (κ1) is 29.7. The zero-order valence-corrected chi connectivity index (χ0v) is 24.2. The zero-order valence-electron chi connectivity index (χ0n) is 23.4. The highest BCUT2D eigenvalue weighted by Gasteiger charge is 2.33. The number of aryl methyl sites for hydroxylation is 3. The summed E-state index contributed by atoms with van der Waals surface area (Å²) in [5.74, 6) is -0.217. The number of anilines is 1. The van der Waals surface area contributed by atoms with Crippen molar-refractivity contribution in [2.75, 3.05) is 24.5 Å². The number of amides is 2. The second kappa shape index (κ2) is 12.8. The average Bonchev–Trinajstić information content (AvgIpc) is 2.91. The summed E-state index contributed by atoms with van der Waals surface area (Å²) in [5, 5.41) is 2.76. The molecule has 0 fully saturated rings. The standard InChI is InChI=1S/C30H37N3O5S/c1-7-31-30(35)24(5)32(19-25-9-8-10-26(18-25)38-6)29(34)20-33(28-17-22(3)11-14-23(28)4)39(36,37)27-15-12-21(2)13-16-27/h8-18,24H,7,19-20H2,1-6H3,(H,31,35)/t24-/m1/s1. The van der Waals surface area contributed by atoms with Gasteiger partial charge >= 0.3 is 0 Å². The Hall–Kier alpha value is -3.85. The Morgan fingerprint density at radius 2 is 1.62 bits per heavy atom. The van der Waals surface area contributed by atoms with Crippen molar-refractivity contribution in [3.63, 3.8) is 0 Å². The Morgan fingerprint density at radius 1 is 0.949 bits per heavy atom. The molecule has 0 saturated heterocycles. The maximum Gasteiger partial charge on any atom is 0.264 e. The smallest absolute Gasteiger partial charge is 0.264 e. The minimum atomic E-state index is -4.11. The van der Waals surface area contributed by atoms with E-state index in [0.29, 0.717) is 23.5 Å². The Labute approximate surface area is 231 Å². The molecule has 3 aromatic carbocycles. The van der Waals surface area contributed by atoms with Gasteiger partial charge in [0, 0.05) is 13.1 Å². The van der Waals surface area contributed by atoms with E-state index in [1.165, 1.54) is 4.90 Å². The molecule has 8 nitrogen and oxygen atoms in total. The van der Waals surface area contributed by atoms with E-state index >= 15 is 0 Å². The molecular formula is C30H37N3O5S. The number of ether oxygens (including phenoxy) is 1. The van der Waals surface area contributed by atoms with Crippen molar-refractivity contribution >= 4 is 27.5 Å². The molecule has 208 valence electrons. The predicted molar refractivity (Wildman–Crippen MR) is 153 cm³/mol. The first-order valence-electron chi connectivity index (χ1n) is 12.8. The summed E-state index contributed by atoms with van der Waals surface area (Å²) in [7, 11) is -2.56. The number of nitrogens with one attached hydrogen (secondary N) is 1. The minimum Gasteiger partial charge on any atom is -0.497 e. The van der Waals surface area contributed by atoms with Crippen LogP contribution in [0, 0.1) is 20.8 Å². The summed E-state index contributed by atoms with van der Waals surface area (Å²) in [6.45, 7) is 9.01. The molecule has 9 heteroatoms. The summed E-state index contributed by atoms with van der Waals surface area (Å²) < 4.78 is 34.4. The maximum atomic E-state index is 14.0. The lowest BCUT2D eigenvalue weighted by molar-refractivity contribution is -0.139. The number of sulfonamides is 1. The van der Waals surface area contributed by atoms with E-state index < -0.39 is 28.5 Å². The molecule has 39 heavy (non-hydrogen) atoms. The second-order valence-electron chi connectivity index (χ2n) is 9.56. The number of nitrogens with zero attached hydrogens (tertiary/aromatic N) is 2. The number of carbonyl (C=O) groups is 2. The Kier molecular flexibility index (Phi) is 9.75. The van der Waals surface area contributed by atoms with E-state index in [-0.39, 0.29) is 17.3 Å². The largest absolute Gasteiger partial charge is 0.497 e. The summed E-state index contributed by atoms with van der Waals surface area (Å²) in [4.78, 5) is 28.3. The summed E-state index contributed by atoms with van der Waals surface area (Å²) >= 11 is 0. The molecule has 2 amide bonds. The number of likely N-dealkylation sites (N-methyl/N-ethyl adjacent to an activating group) is 1. The molecule has 3 rings (SSSR count). The number of methoxy groups -OCH3 is 1. The van der Waals surface area contributed by atoms with Gasteiger partial charge in [0.15, 0.2) is 0 Å². The van der Waals surface area contributed by atoms with Crippen molar-refractivity contribution in [3.8, 4) is 5.75 Å². The van der Waals surface area contributed by atoms with Gasteiger partial charge in [-0.3, -0.25) is 13.9 Å². The summed E-state index contributed by atoms with van der Waals surface area (Å²) in [6, 6.07) is 18.4. The fraction of sp³-hybridized carbons (Fsp3) is 0.333. The number of hydrogen-bond donors (Lipinski definition) is 1. The number of rotatable bonds is 11. The van der Waals surface area contributed by atoms with Crippen molar-refractivity contribution in [1.29, 1.82) is 0 Å². The van der Waals surface area contributed by atoms with Gasteiger partial charge in [-0.15, -0.1) is 0 Å². The van der Waals surface area contributed by atoms with Gasteiger partial charge in [-0.1, -0.05) is 42.0 Å². The van der Waals surface area contributed by atoms with E-state index in [2.05, 4.69) is 5.32 Å². The number of carbonyl (C=O) groups excluding carboxylic acids is 2. The molecule has 0 aliphatic rings. The fourth-order valence-electron chi connectivity index (χ4n) is 4.21. The average molecular weight is 552 g/mol. The van der Waals surface area contributed by atoms with Crippen LogP contribution in [0.25, 0.3) is 0 Å². The molecular weight excluding hydrogens is 514 g/mol. The highest BCUT2D eigenvalue weighted by atomic mass is 32.2. The van der Waals surface area contributed by atoms with Crippen LogP contribution in [0.1, 0.15) is 36.1 Å². The van der Waals surface area contributed by atoms with Crippen LogP contribution in [0.15, 0.2) is 71.6 Å². The van der Waals surface area contributed by atoms with Crippen LogP contribution in [0.3, 0.4) is 0 Å². The lowest BCUT2D eigenvalue weighted by Crippen LogP contribution is -2.51. The molecule has 0 saturated carbocycles. The molecule has 0 unspecified atom stereocenters. The van der Waals surface area contributed by atoms with Crippen molar-refractivity contribution in [1.82, 2.24) is 10.2 Å². The molecule has 3 aromatic rings. The van der Waals surface area contributed by atoms with Crippen LogP contribution in [0.5, 0.6) is 5.75 Å². The topological polar surface area (TPSA) is 96.0 Å². The molecule has 1 N–H and O–H groups in total. The van der Waals surface area contributed by atoms with Gasteiger partial charge in [-0.25, -0.2) is 8.42 Å². The monoisotopic (exact) mass is 551 g/mol. The van der Waals surface area contributed by atoms with Crippen molar-refractivity contribution in [2.45, 2.75) is 52.1 Å². The molecule has 0 aliphatic heterocycles. The van der Waals surface area contributed by atoms with Crippen molar-refractivity contribution in [3.05, 3.63) is 89.0 Å². The highest BCUT2D eigenvalue weighted by molar-refractivity contribution is 7.92. The van der Waals surface area contributed by atoms with E-state index in [1.807, 2.05) is 39.0 Å². The van der Waals surface area contributed by atoms with Crippen LogP contribution in [0.2, 0.25) is 0 Å². The summed E-state index contributed by atoms with van der Waals surface area (Å²) in [5.41, 5.74) is 3.65. The molecule has 0 radical (unpaired) electrons. The third-order valence-corrected chi connectivity index (χ3v) is 8.30. The zero-order chi connectivity index (χ0) is 28.7. The van der Waals surface area contributed by atoms with Gasteiger partial charge in [-0.05, 0) is 81.6 Å². The number of hydrogen-bond acceptors (Lipinski definition) is 5. The summed E-state index contributed by atoms with van der Waals surface area (Å²) in [6.07, 6.45) is 0. The fourth-order valence-corrected chi connectivity index (χ4v) is 5.68. The molecule has 0 bridgehead atoms. The Bertz CT molecular complexity index is 1420. The van der Waals surface area contributed by atoms with Gasteiger partial charge in [0.1, 0.15) is 18.3 Å². The molecule has 0 aromatic heterocycles. The molecule has 0 spiro atoms. The van der Waals surface area contributed by atoms with E-state index in [1.54, 1.807) is 69.5 Å². The third kappa shape index (κ3) is 7.17.